The predicted octanol–water partition coefficient (Wildman–Crippen LogP) is 2.74. The Kier molecular flexibility index (Phi) is 5.69. The van der Waals surface area contributed by atoms with Gasteiger partial charge in [-0.2, -0.15) is 0 Å². The third kappa shape index (κ3) is 3.65. The minimum atomic E-state index is 0.165. The van der Waals surface area contributed by atoms with Crippen LogP contribution in [0, 0.1) is 0 Å². The van der Waals surface area contributed by atoms with E-state index in [9.17, 15) is 5.11 Å². The average Bonchev–Trinajstić information content (AvgIpc) is 2.49. The van der Waals surface area contributed by atoms with Crippen molar-refractivity contribution >= 4 is 15.9 Å². The van der Waals surface area contributed by atoms with E-state index >= 15 is 0 Å². The Labute approximate surface area is 129 Å². The molecule has 0 spiro atoms. The molecule has 0 saturated carbocycles. The first-order valence-corrected chi connectivity index (χ1v) is 7.95. The Bertz CT molecular complexity index is 448. The van der Waals surface area contributed by atoms with Crippen molar-refractivity contribution in [1.29, 1.82) is 0 Å². The number of methoxy groups -OCH3 is 1. The fourth-order valence-electron chi connectivity index (χ4n) is 2.75. The lowest BCUT2D eigenvalue weighted by atomic mass is 10.0. The van der Waals surface area contributed by atoms with Crippen LogP contribution in [0.3, 0.4) is 0 Å². The van der Waals surface area contributed by atoms with Gasteiger partial charge in [-0.3, -0.25) is 4.90 Å². The molecule has 1 saturated heterocycles. The van der Waals surface area contributed by atoms with Gasteiger partial charge in [0, 0.05) is 19.1 Å². The largest absolute Gasteiger partial charge is 0.503 e. The van der Waals surface area contributed by atoms with E-state index in [0.29, 0.717) is 16.3 Å². The molecule has 1 aliphatic heterocycles. The summed E-state index contributed by atoms with van der Waals surface area (Å²) in [5.41, 5.74) is 1.15. The van der Waals surface area contributed by atoms with Crippen molar-refractivity contribution in [3.8, 4) is 11.5 Å². The Morgan fingerprint density at radius 3 is 2.90 bits per heavy atom. The van der Waals surface area contributed by atoms with E-state index in [0.717, 1.165) is 31.7 Å². The molecule has 1 aromatic carbocycles. The van der Waals surface area contributed by atoms with Gasteiger partial charge in [-0.05, 0) is 59.6 Å². The molecule has 0 aliphatic carbocycles. The summed E-state index contributed by atoms with van der Waals surface area (Å²) < 4.78 is 5.90. The summed E-state index contributed by atoms with van der Waals surface area (Å²) in [7, 11) is 1.58. The summed E-state index contributed by atoms with van der Waals surface area (Å²) in [6.07, 6.45) is 2.49. The lowest BCUT2D eigenvalue weighted by molar-refractivity contribution is 0.166. The van der Waals surface area contributed by atoms with E-state index in [1.165, 1.54) is 12.8 Å². The Morgan fingerprint density at radius 2 is 2.30 bits per heavy atom. The molecule has 1 fully saturated rings. The number of nitrogens with one attached hydrogen (secondary N) is 1. The van der Waals surface area contributed by atoms with Crippen LogP contribution in [-0.2, 0) is 6.54 Å². The van der Waals surface area contributed by atoms with E-state index < -0.39 is 0 Å². The van der Waals surface area contributed by atoms with Crippen molar-refractivity contribution in [1.82, 2.24) is 10.2 Å². The van der Waals surface area contributed by atoms with Gasteiger partial charge in [0.2, 0.25) is 0 Å². The fraction of sp³-hybridized carbons (Fsp3) is 0.600. The third-order valence-corrected chi connectivity index (χ3v) is 4.49. The van der Waals surface area contributed by atoms with Crippen LogP contribution in [0.15, 0.2) is 16.6 Å². The van der Waals surface area contributed by atoms with Crippen molar-refractivity contribution in [2.24, 2.45) is 0 Å². The first-order chi connectivity index (χ1) is 9.65. The van der Waals surface area contributed by atoms with Crippen LogP contribution in [0.4, 0.5) is 0 Å². The van der Waals surface area contributed by atoms with Gasteiger partial charge < -0.3 is 15.2 Å². The molecule has 0 amide bonds. The standard InChI is InChI=1S/C15H23BrN2O2/c1-3-18(12-5-4-6-17-9-12)10-11-7-13(16)15(19)14(8-11)20-2/h7-8,12,17,19H,3-6,9-10H2,1-2H3. The van der Waals surface area contributed by atoms with Gasteiger partial charge in [-0.15, -0.1) is 0 Å². The van der Waals surface area contributed by atoms with Crippen molar-refractivity contribution in [2.75, 3.05) is 26.7 Å². The second kappa shape index (κ2) is 7.29. The van der Waals surface area contributed by atoms with Gasteiger partial charge in [0.15, 0.2) is 11.5 Å². The number of likely N-dealkylation sites (N-methyl/N-ethyl adjacent to an activating group) is 1. The maximum atomic E-state index is 9.87. The van der Waals surface area contributed by atoms with Gasteiger partial charge in [0.1, 0.15) is 0 Å². The van der Waals surface area contributed by atoms with Crippen LogP contribution in [0.1, 0.15) is 25.3 Å². The molecule has 1 atom stereocenters. The molecule has 5 heteroatoms. The lowest BCUT2D eigenvalue weighted by Crippen LogP contribution is -2.45. The molecular weight excluding hydrogens is 320 g/mol. The number of ether oxygens (including phenoxy) is 1. The molecule has 20 heavy (non-hydrogen) atoms. The zero-order chi connectivity index (χ0) is 14.5. The number of halogens is 1. The molecule has 112 valence electrons. The first kappa shape index (κ1) is 15.6. The van der Waals surface area contributed by atoms with E-state index in [-0.39, 0.29) is 5.75 Å². The summed E-state index contributed by atoms with van der Waals surface area (Å²) in [6.45, 7) is 6.28. The number of piperidine rings is 1. The van der Waals surface area contributed by atoms with Crippen molar-refractivity contribution in [3.05, 3.63) is 22.2 Å². The van der Waals surface area contributed by atoms with Crippen molar-refractivity contribution < 1.29 is 9.84 Å². The maximum Gasteiger partial charge on any atom is 0.172 e. The summed E-state index contributed by atoms with van der Waals surface area (Å²) in [4.78, 5) is 2.48. The Hall–Kier alpha value is -0.780. The molecule has 0 aromatic heterocycles. The number of phenols is 1. The van der Waals surface area contributed by atoms with E-state index in [1.807, 2.05) is 12.1 Å². The quantitative estimate of drug-likeness (QED) is 0.863. The van der Waals surface area contributed by atoms with Crippen molar-refractivity contribution in [2.45, 2.75) is 32.4 Å². The highest BCUT2D eigenvalue weighted by molar-refractivity contribution is 9.10. The molecule has 0 radical (unpaired) electrons. The minimum absolute atomic E-state index is 0.165. The first-order valence-electron chi connectivity index (χ1n) is 7.15. The van der Waals surface area contributed by atoms with E-state index in [1.54, 1.807) is 7.11 Å². The lowest BCUT2D eigenvalue weighted by Gasteiger charge is -2.34. The van der Waals surface area contributed by atoms with Gasteiger partial charge in [-0.1, -0.05) is 6.92 Å². The fourth-order valence-corrected chi connectivity index (χ4v) is 3.24. The number of phenolic OH excluding ortho intramolecular Hbond substituents is 1. The molecule has 1 unspecified atom stereocenters. The van der Waals surface area contributed by atoms with Gasteiger partial charge in [-0.25, -0.2) is 0 Å². The number of aromatic hydroxyl groups is 1. The number of hydrogen-bond acceptors (Lipinski definition) is 4. The molecule has 4 nitrogen and oxygen atoms in total. The zero-order valence-electron chi connectivity index (χ0n) is 12.2. The Balaban J connectivity index is 2.12. The summed E-state index contributed by atoms with van der Waals surface area (Å²) in [5, 5.41) is 13.3. The second-order valence-corrected chi connectivity index (χ2v) is 6.05. The number of hydrogen-bond donors (Lipinski definition) is 2. The second-order valence-electron chi connectivity index (χ2n) is 5.19. The summed E-state index contributed by atoms with van der Waals surface area (Å²) in [6, 6.07) is 4.47. The normalized spacial score (nSPS) is 19.3. The molecule has 2 rings (SSSR count). The van der Waals surface area contributed by atoms with E-state index in [4.69, 9.17) is 4.74 Å². The van der Waals surface area contributed by atoms with Gasteiger partial charge in [0.05, 0.1) is 11.6 Å². The highest BCUT2D eigenvalue weighted by atomic mass is 79.9. The van der Waals surface area contributed by atoms with Gasteiger partial charge in [0.25, 0.3) is 0 Å². The van der Waals surface area contributed by atoms with Crippen LogP contribution in [0.25, 0.3) is 0 Å². The topological polar surface area (TPSA) is 44.7 Å². The predicted molar refractivity (Wildman–Crippen MR) is 84.3 cm³/mol. The maximum absolute atomic E-state index is 9.87. The van der Waals surface area contributed by atoms with Crippen LogP contribution in [0.5, 0.6) is 11.5 Å². The van der Waals surface area contributed by atoms with Gasteiger partial charge >= 0.3 is 0 Å². The van der Waals surface area contributed by atoms with Crippen LogP contribution >= 0.6 is 15.9 Å². The molecular formula is C15H23BrN2O2. The number of benzene rings is 1. The average molecular weight is 343 g/mol. The smallest absolute Gasteiger partial charge is 0.172 e. The highest BCUT2D eigenvalue weighted by Gasteiger charge is 2.20. The minimum Gasteiger partial charge on any atom is -0.503 e. The summed E-state index contributed by atoms with van der Waals surface area (Å²) in [5.74, 6) is 0.686. The molecule has 1 aliphatic rings. The zero-order valence-corrected chi connectivity index (χ0v) is 13.7. The highest BCUT2D eigenvalue weighted by Crippen LogP contribution is 2.35. The molecule has 1 heterocycles. The molecule has 1 aromatic rings. The SMILES string of the molecule is CCN(Cc1cc(Br)c(O)c(OC)c1)C1CCCNC1. The third-order valence-electron chi connectivity index (χ3n) is 3.89. The van der Waals surface area contributed by atoms with E-state index in [2.05, 4.69) is 33.1 Å². The summed E-state index contributed by atoms with van der Waals surface area (Å²) >= 11 is 3.38. The van der Waals surface area contributed by atoms with Crippen LogP contribution < -0.4 is 10.1 Å². The van der Waals surface area contributed by atoms with Crippen LogP contribution in [-0.4, -0.2) is 42.8 Å². The van der Waals surface area contributed by atoms with Crippen LogP contribution in [0.2, 0.25) is 0 Å². The molecule has 0 bridgehead atoms. The van der Waals surface area contributed by atoms with Crippen molar-refractivity contribution in [3.63, 3.8) is 0 Å². The number of nitrogens with zero attached hydrogens (tertiary/aromatic N) is 1. The monoisotopic (exact) mass is 342 g/mol. The Morgan fingerprint density at radius 1 is 1.50 bits per heavy atom. The number of rotatable bonds is 5. The molecule has 2 N–H and O–H groups in total.